The summed E-state index contributed by atoms with van der Waals surface area (Å²) in [6, 6.07) is 0. The monoisotopic (exact) mass is 444 g/mol. The van der Waals surface area contributed by atoms with Gasteiger partial charge in [0.2, 0.25) is 0 Å². The number of hydrogen-bond acceptors (Lipinski definition) is 2. The maximum Gasteiger partial charge on any atom is 0.0880 e. The lowest BCUT2D eigenvalue weighted by Gasteiger charge is -2.73. The van der Waals surface area contributed by atoms with Gasteiger partial charge in [-0.2, -0.15) is 0 Å². The van der Waals surface area contributed by atoms with E-state index < -0.39 is 5.60 Å². The van der Waals surface area contributed by atoms with Crippen molar-refractivity contribution in [3.05, 3.63) is 0 Å². The van der Waals surface area contributed by atoms with Crippen molar-refractivity contribution in [3.63, 3.8) is 0 Å². The molecular weight excluding hydrogens is 392 g/mol. The molecule has 0 bridgehead atoms. The highest BCUT2D eigenvalue weighted by molar-refractivity contribution is 5.19. The lowest BCUT2D eigenvalue weighted by molar-refractivity contribution is -0.243. The van der Waals surface area contributed by atoms with Crippen molar-refractivity contribution >= 4 is 0 Å². The lowest BCUT2D eigenvalue weighted by Crippen LogP contribution is -2.66. The Bertz CT molecular complexity index is 756. The van der Waals surface area contributed by atoms with Gasteiger partial charge in [0.15, 0.2) is 0 Å². The van der Waals surface area contributed by atoms with Crippen molar-refractivity contribution in [2.24, 2.45) is 56.7 Å². The molecule has 0 radical (unpaired) electrons. The molecule has 0 aromatic carbocycles. The van der Waals surface area contributed by atoms with Crippen LogP contribution in [0.3, 0.4) is 0 Å². The maximum absolute atomic E-state index is 11.0. The Morgan fingerprint density at radius 3 is 1.91 bits per heavy atom. The third-order valence-electron chi connectivity index (χ3n) is 13.8. The summed E-state index contributed by atoms with van der Waals surface area (Å²) in [5.41, 5.74) is 1.28. The van der Waals surface area contributed by atoms with Gasteiger partial charge in [-0.05, 0) is 128 Å². The van der Waals surface area contributed by atoms with Crippen LogP contribution in [0.25, 0.3) is 0 Å². The van der Waals surface area contributed by atoms with Gasteiger partial charge in [-0.1, -0.05) is 48.0 Å². The Morgan fingerprint density at radius 1 is 0.688 bits per heavy atom. The Balaban J connectivity index is 1.50. The highest BCUT2D eigenvalue weighted by Crippen LogP contribution is 2.78. The lowest BCUT2D eigenvalue weighted by atomic mass is 9.32. The van der Waals surface area contributed by atoms with Crippen LogP contribution in [0.1, 0.15) is 119 Å². The van der Waals surface area contributed by atoms with E-state index >= 15 is 0 Å². The Labute approximate surface area is 198 Å². The first-order valence-corrected chi connectivity index (χ1v) is 14.1. The van der Waals surface area contributed by atoms with Gasteiger partial charge in [-0.3, -0.25) is 0 Å². The zero-order chi connectivity index (χ0) is 23.4. The normalized spacial score (nSPS) is 56.3. The number of fused-ring (bicyclic) bond motifs is 7. The first kappa shape index (κ1) is 23.7. The summed E-state index contributed by atoms with van der Waals surface area (Å²) in [5, 5.41) is 21.0. The van der Waals surface area contributed by atoms with Crippen LogP contribution in [-0.2, 0) is 0 Å². The number of rotatable bonds is 2. The summed E-state index contributed by atoms with van der Waals surface area (Å²) in [7, 11) is 0. The van der Waals surface area contributed by atoms with Gasteiger partial charge in [0.1, 0.15) is 0 Å². The minimum Gasteiger partial charge on any atom is -0.393 e. The van der Waals surface area contributed by atoms with E-state index in [1.54, 1.807) is 0 Å². The predicted molar refractivity (Wildman–Crippen MR) is 132 cm³/mol. The number of aliphatic hydroxyl groups is 2. The first-order chi connectivity index (χ1) is 14.8. The van der Waals surface area contributed by atoms with Crippen LogP contribution in [0.4, 0.5) is 0 Å². The Hall–Kier alpha value is -0.0800. The third-order valence-corrected chi connectivity index (χ3v) is 13.8. The van der Waals surface area contributed by atoms with Crippen LogP contribution in [0.15, 0.2) is 0 Å². The van der Waals surface area contributed by atoms with E-state index in [0.717, 1.165) is 24.2 Å². The van der Waals surface area contributed by atoms with E-state index in [-0.39, 0.29) is 12.5 Å². The second-order valence-corrected chi connectivity index (χ2v) is 15.3. The second-order valence-electron chi connectivity index (χ2n) is 15.3. The highest BCUT2D eigenvalue weighted by Gasteiger charge is 2.70. The molecule has 0 amide bonds. The van der Waals surface area contributed by atoms with Crippen LogP contribution in [0.2, 0.25) is 0 Å². The summed E-state index contributed by atoms with van der Waals surface area (Å²) in [6.07, 6.45) is 14.9. The largest absolute Gasteiger partial charge is 0.393 e. The maximum atomic E-state index is 11.0. The van der Waals surface area contributed by atoms with E-state index in [0.29, 0.717) is 33.0 Å². The molecule has 2 nitrogen and oxygen atoms in total. The molecule has 5 fully saturated rings. The molecule has 0 aliphatic heterocycles. The Kier molecular flexibility index (Phi) is 5.17. The Morgan fingerprint density at radius 2 is 1.28 bits per heavy atom. The summed E-state index contributed by atoms with van der Waals surface area (Å²) in [4.78, 5) is 0. The average molecular weight is 445 g/mol. The van der Waals surface area contributed by atoms with Crippen LogP contribution in [-0.4, -0.2) is 22.4 Å². The van der Waals surface area contributed by atoms with Gasteiger partial charge < -0.3 is 10.2 Å². The zero-order valence-electron chi connectivity index (χ0n) is 22.3. The minimum absolute atomic E-state index is 0.0957. The third kappa shape index (κ3) is 2.78. The average Bonchev–Trinajstić information content (AvgIpc) is 3.06. The highest BCUT2D eigenvalue weighted by atomic mass is 16.3. The van der Waals surface area contributed by atoms with E-state index in [9.17, 15) is 10.2 Å². The summed E-state index contributed by atoms with van der Waals surface area (Å²) >= 11 is 0. The number of hydrogen-bond donors (Lipinski definition) is 2. The molecule has 0 aromatic heterocycles. The molecule has 5 aliphatic rings. The van der Waals surface area contributed by atoms with E-state index in [4.69, 9.17) is 0 Å². The number of aliphatic hydroxyl groups excluding tert-OH is 1. The van der Waals surface area contributed by atoms with Crippen molar-refractivity contribution in [1.82, 2.24) is 0 Å². The van der Waals surface area contributed by atoms with E-state index in [2.05, 4.69) is 41.5 Å². The van der Waals surface area contributed by atoms with Crippen molar-refractivity contribution in [1.29, 1.82) is 0 Å². The van der Waals surface area contributed by atoms with Crippen molar-refractivity contribution in [2.45, 2.75) is 125 Å². The van der Waals surface area contributed by atoms with Crippen molar-refractivity contribution in [3.8, 4) is 0 Å². The standard InChI is InChI=1S/C30H52O2/c1-25(2)14-8-15-27(4)22(25)13-18-29(6)24(27)10-9-23-26(3)16-11-21(30(7,32)19-31)20(26)12-17-28(23,29)5/h20-24,31-32H,8-19H2,1-7H3/t20-,21-,22-,23+,24+,26-,27-,28+,29+,30-/m0/s1. The minimum atomic E-state index is -0.920. The fourth-order valence-electron chi connectivity index (χ4n) is 12.1. The van der Waals surface area contributed by atoms with Crippen molar-refractivity contribution in [2.75, 3.05) is 6.61 Å². The molecule has 0 unspecified atom stereocenters. The van der Waals surface area contributed by atoms with Gasteiger partial charge in [-0.25, -0.2) is 0 Å². The zero-order valence-corrected chi connectivity index (χ0v) is 22.3. The summed E-state index contributed by atoms with van der Waals surface area (Å²) in [5.74, 6) is 3.37. The van der Waals surface area contributed by atoms with Gasteiger partial charge in [0.25, 0.3) is 0 Å². The SMILES string of the molecule is CC1(C)CCC[C@]2(C)[C@H]3CC[C@@H]4[C@@]5(C)CC[C@H]([C@@](C)(O)CO)[C@@H]5CC[C@@]4(C)[C@]3(C)CC[C@@H]12. The van der Waals surface area contributed by atoms with Crippen molar-refractivity contribution < 1.29 is 10.2 Å². The summed E-state index contributed by atoms with van der Waals surface area (Å²) < 4.78 is 0. The molecule has 5 saturated carbocycles. The summed E-state index contributed by atoms with van der Waals surface area (Å²) in [6.45, 7) is 17.7. The van der Waals surface area contributed by atoms with Gasteiger partial charge in [0, 0.05) is 0 Å². The molecule has 2 heteroatoms. The van der Waals surface area contributed by atoms with Crippen LogP contribution < -0.4 is 0 Å². The van der Waals surface area contributed by atoms with E-state index in [1.165, 1.54) is 64.2 Å². The van der Waals surface area contributed by atoms with E-state index in [1.807, 2.05) is 6.92 Å². The molecular formula is C30H52O2. The molecule has 2 N–H and O–H groups in total. The smallest absolute Gasteiger partial charge is 0.0880 e. The quantitative estimate of drug-likeness (QED) is 0.472. The van der Waals surface area contributed by atoms with Gasteiger partial charge in [-0.15, -0.1) is 0 Å². The predicted octanol–water partition coefficient (Wildman–Crippen LogP) is 7.22. The molecule has 10 atom stereocenters. The van der Waals surface area contributed by atoms with Crippen LogP contribution in [0, 0.1) is 56.7 Å². The first-order valence-electron chi connectivity index (χ1n) is 14.1. The molecule has 0 spiro atoms. The molecule has 0 heterocycles. The molecule has 5 aliphatic carbocycles. The molecule has 0 aromatic rings. The second kappa shape index (κ2) is 6.99. The van der Waals surface area contributed by atoms with Crippen LogP contribution >= 0.6 is 0 Å². The fourth-order valence-corrected chi connectivity index (χ4v) is 12.1. The molecule has 32 heavy (non-hydrogen) atoms. The molecule has 5 rings (SSSR count). The van der Waals surface area contributed by atoms with Gasteiger partial charge >= 0.3 is 0 Å². The topological polar surface area (TPSA) is 40.5 Å². The fraction of sp³-hybridized carbons (Fsp3) is 1.00. The van der Waals surface area contributed by atoms with Gasteiger partial charge in [0.05, 0.1) is 12.2 Å². The van der Waals surface area contributed by atoms with Crippen LogP contribution in [0.5, 0.6) is 0 Å². The molecule has 184 valence electrons. The molecule has 0 saturated heterocycles.